The van der Waals surface area contributed by atoms with Crippen molar-refractivity contribution in [2.45, 2.75) is 19.3 Å². The van der Waals surface area contributed by atoms with Gasteiger partial charge in [0.25, 0.3) is 11.8 Å². The van der Waals surface area contributed by atoms with E-state index in [1.54, 1.807) is 0 Å². The maximum atomic E-state index is 13.4. The number of nitrogens with zero attached hydrogens (tertiary/aromatic N) is 1. The molecule has 0 radical (unpaired) electrons. The smallest absolute Gasteiger partial charge is 0.310 e. The van der Waals surface area contributed by atoms with Crippen LogP contribution >= 0.6 is 0 Å². The predicted molar refractivity (Wildman–Crippen MR) is 55.1 cm³/mol. The van der Waals surface area contributed by atoms with Crippen LogP contribution in [0.1, 0.15) is 13.3 Å². The third kappa shape index (κ3) is 3.41. The van der Waals surface area contributed by atoms with Crippen LogP contribution in [0.15, 0.2) is 0 Å². The molecule has 17 heavy (non-hydrogen) atoms. The molecule has 1 amide bonds. The Morgan fingerprint density at radius 1 is 1.47 bits per heavy atom. The van der Waals surface area contributed by atoms with E-state index in [0.29, 0.717) is 0 Å². The summed E-state index contributed by atoms with van der Waals surface area (Å²) in [5.41, 5.74) is 0. The molecule has 4 nitrogen and oxygen atoms in total. The number of ether oxygens (including phenoxy) is 1. The van der Waals surface area contributed by atoms with Gasteiger partial charge in [-0.25, -0.2) is 8.78 Å². The summed E-state index contributed by atoms with van der Waals surface area (Å²) in [6.45, 7) is 0.668. The van der Waals surface area contributed by atoms with Crippen molar-refractivity contribution in [2.24, 2.45) is 5.92 Å². The van der Waals surface area contributed by atoms with Gasteiger partial charge < -0.3 is 9.64 Å². The van der Waals surface area contributed by atoms with Crippen LogP contribution in [-0.4, -0.2) is 42.9 Å². The van der Waals surface area contributed by atoms with Gasteiger partial charge in [-0.2, -0.15) is 0 Å². The Labute approximate surface area is 97.9 Å². The molecule has 1 atom stereocenters. The van der Waals surface area contributed by atoms with Crippen molar-refractivity contribution in [3.8, 4) is 11.8 Å². The summed E-state index contributed by atoms with van der Waals surface area (Å²) < 4.78 is 31.1. The van der Waals surface area contributed by atoms with E-state index in [1.807, 2.05) is 0 Å². The highest BCUT2D eigenvalue weighted by Gasteiger charge is 2.44. The molecule has 1 rings (SSSR count). The molecule has 0 aliphatic carbocycles. The largest absolute Gasteiger partial charge is 0.469 e. The van der Waals surface area contributed by atoms with Crippen molar-refractivity contribution in [2.75, 3.05) is 20.2 Å². The minimum atomic E-state index is -3.08. The number of hydrogen-bond acceptors (Lipinski definition) is 3. The summed E-state index contributed by atoms with van der Waals surface area (Å²) in [5, 5.41) is 0. The molecule has 0 saturated carbocycles. The lowest BCUT2D eigenvalue weighted by Crippen LogP contribution is -2.51. The lowest BCUT2D eigenvalue weighted by atomic mass is 9.95. The van der Waals surface area contributed by atoms with E-state index in [-0.39, 0.29) is 6.54 Å². The molecule has 1 heterocycles. The normalized spacial score (nSPS) is 22.4. The number of hydrogen-bond donors (Lipinski definition) is 0. The summed E-state index contributed by atoms with van der Waals surface area (Å²) in [4.78, 5) is 23.6. The summed E-state index contributed by atoms with van der Waals surface area (Å²) in [6, 6.07) is 0. The first kappa shape index (κ1) is 13.4. The Hall–Kier alpha value is -1.64. The second-order valence-electron chi connectivity index (χ2n) is 3.84. The standard InChI is InChI=1S/C11H13F2NO3/c1-3-4-9(15)14-6-8(10(16)17-2)5-11(12,13)7-14/h8H,5-7H2,1-2H3. The third-order valence-corrected chi connectivity index (χ3v) is 2.46. The zero-order valence-electron chi connectivity index (χ0n) is 9.63. The monoisotopic (exact) mass is 245 g/mol. The summed E-state index contributed by atoms with van der Waals surface area (Å²) >= 11 is 0. The van der Waals surface area contributed by atoms with E-state index in [9.17, 15) is 18.4 Å². The van der Waals surface area contributed by atoms with E-state index >= 15 is 0 Å². The lowest BCUT2D eigenvalue weighted by molar-refractivity contribution is -0.159. The van der Waals surface area contributed by atoms with Crippen molar-refractivity contribution in [3.05, 3.63) is 0 Å². The number of rotatable bonds is 1. The van der Waals surface area contributed by atoms with Crippen LogP contribution in [0.25, 0.3) is 0 Å². The van der Waals surface area contributed by atoms with Gasteiger partial charge in [0.1, 0.15) is 0 Å². The van der Waals surface area contributed by atoms with Crippen molar-refractivity contribution < 1.29 is 23.1 Å². The zero-order valence-corrected chi connectivity index (χ0v) is 9.63. The quantitative estimate of drug-likeness (QED) is 0.504. The number of carbonyl (C=O) groups is 2. The van der Waals surface area contributed by atoms with Crippen molar-refractivity contribution in [1.29, 1.82) is 0 Å². The highest BCUT2D eigenvalue weighted by atomic mass is 19.3. The van der Waals surface area contributed by atoms with Crippen LogP contribution in [-0.2, 0) is 14.3 Å². The minimum Gasteiger partial charge on any atom is -0.469 e. The Kier molecular flexibility index (Phi) is 4.05. The average Bonchev–Trinajstić information content (AvgIpc) is 2.26. The number of methoxy groups -OCH3 is 1. The highest BCUT2D eigenvalue weighted by Crippen LogP contribution is 2.30. The van der Waals surface area contributed by atoms with Crippen LogP contribution < -0.4 is 0 Å². The molecule has 0 N–H and O–H groups in total. The predicted octanol–water partition coefficient (Wildman–Crippen LogP) is 0.666. The molecular weight excluding hydrogens is 232 g/mol. The van der Waals surface area contributed by atoms with E-state index in [0.717, 1.165) is 12.0 Å². The Balaban J connectivity index is 2.83. The Morgan fingerprint density at radius 3 is 2.65 bits per heavy atom. The van der Waals surface area contributed by atoms with Crippen LogP contribution in [0.4, 0.5) is 8.78 Å². The number of esters is 1. The minimum absolute atomic E-state index is 0.0736. The number of likely N-dealkylation sites (tertiary alicyclic amines) is 1. The molecule has 0 aromatic rings. The molecule has 0 aromatic heterocycles. The van der Waals surface area contributed by atoms with E-state index in [2.05, 4.69) is 16.6 Å². The molecular formula is C11H13F2NO3. The van der Waals surface area contributed by atoms with Crippen LogP contribution in [0.3, 0.4) is 0 Å². The maximum absolute atomic E-state index is 13.4. The van der Waals surface area contributed by atoms with Gasteiger partial charge >= 0.3 is 5.97 Å². The van der Waals surface area contributed by atoms with Gasteiger partial charge in [-0.15, -0.1) is 0 Å². The van der Waals surface area contributed by atoms with Crippen molar-refractivity contribution >= 4 is 11.9 Å². The molecule has 0 spiro atoms. The number of carbonyl (C=O) groups excluding carboxylic acids is 2. The molecule has 1 aliphatic rings. The third-order valence-electron chi connectivity index (χ3n) is 2.46. The first-order valence-corrected chi connectivity index (χ1v) is 5.07. The zero-order chi connectivity index (χ0) is 13.1. The molecule has 1 fully saturated rings. The molecule has 1 saturated heterocycles. The molecule has 0 bridgehead atoms. The van der Waals surface area contributed by atoms with Crippen molar-refractivity contribution in [3.63, 3.8) is 0 Å². The SMILES string of the molecule is CC#CC(=O)N1CC(C(=O)OC)CC(F)(F)C1. The van der Waals surface area contributed by atoms with Gasteiger partial charge in [-0.05, 0) is 12.8 Å². The maximum Gasteiger partial charge on any atom is 0.310 e. The highest BCUT2D eigenvalue weighted by molar-refractivity contribution is 5.94. The first-order valence-electron chi connectivity index (χ1n) is 5.07. The number of alkyl halides is 2. The van der Waals surface area contributed by atoms with Crippen LogP contribution in [0.5, 0.6) is 0 Å². The first-order chi connectivity index (χ1) is 7.89. The van der Waals surface area contributed by atoms with E-state index in [4.69, 9.17) is 0 Å². The number of amides is 1. The Bertz CT molecular complexity index is 384. The number of piperidine rings is 1. The van der Waals surface area contributed by atoms with Gasteiger partial charge in [0.2, 0.25) is 0 Å². The molecule has 6 heteroatoms. The topological polar surface area (TPSA) is 46.6 Å². The van der Waals surface area contributed by atoms with E-state index in [1.165, 1.54) is 6.92 Å². The fraction of sp³-hybridized carbons (Fsp3) is 0.636. The molecule has 1 unspecified atom stereocenters. The fourth-order valence-electron chi connectivity index (χ4n) is 1.76. The second kappa shape index (κ2) is 5.13. The summed E-state index contributed by atoms with van der Waals surface area (Å²) in [7, 11) is 1.13. The number of halogens is 2. The van der Waals surface area contributed by atoms with Crippen LogP contribution in [0.2, 0.25) is 0 Å². The van der Waals surface area contributed by atoms with Gasteiger partial charge in [0.15, 0.2) is 0 Å². The second-order valence-corrected chi connectivity index (χ2v) is 3.84. The van der Waals surface area contributed by atoms with Gasteiger partial charge in [-0.3, -0.25) is 9.59 Å². The van der Waals surface area contributed by atoms with E-state index < -0.39 is 36.7 Å². The summed E-state index contributed by atoms with van der Waals surface area (Å²) in [5.74, 6) is -0.969. The molecule has 0 aromatic carbocycles. The van der Waals surface area contributed by atoms with Gasteiger partial charge in [-0.1, -0.05) is 5.92 Å². The van der Waals surface area contributed by atoms with Gasteiger partial charge in [0.05, 0.1) is 19.6 Å². The van der Waals surface area contributed by atoms with Crippen LogP contribution in [0, 0.1) is 17.8 Å². The van der Waals surface area contributed by atoms with Gasteiger partial charge in [0, 0.05) is 13.0 Å². The average molecular weight is 245 g/mol. The molecule has 94 valence electrons. The fourth-order valence-corrected chi connectivity index (χ4v) is 1.76. The molecule has 1 aliphatic heterocycles. The van der Waals surface area contributed by atoms with Crippen molar-refractivity contribution in [1.82, 2.24) is 4.90 Å². The summed E-state index contributed by atoms with van der Waals surface area (Å²) in [6.07, 6.45) is -0.594. The Morgan fingerprint density at radius 2 is 2.12 bits per heavy atom. The lowest BCUT2D eigenvalue weighted by Gasteiger charge is -2.35.